The Morgan fingerprint density at radius 3 is 2.67 bits per heavy atom. The summed E-state index contributed by atoms with van der Waals surface area (Å²) < 4.78 is 0. The summed E-state index contributed by atoms with van der Waals surface area (Å²) in [4.78, 5) is 10.3. The lowest BCUT2D eigenvalue weighted by molar-refractivity contribution is -0.136. The smallest absolute Gasteiger partial charge is 0.303 e. The predicted octanol–water partition coefficient (Wildman–Crippen LogP) is 1.20. The molecule has 0 aliphatic carbocycles. The quantitative estimate of drug-likeness (QED) is 0.713. The van der Waals surface area contributed by atoms with Gasteiger partial charge in [0.2, 0.25) is 0 Å². The number of carboxylic acids is 1. The van der Waals surface area contributed by atoms with Gasteiger partial charge in [0.1, 0.15) is 0 Å². The number of carbonyl (C=O) groups is 1. The molecule has 0 saturated carbocycles. The van der Waals surface area contributed by atoms with E-state index in [1.807, 2.05) is 24.3 Å². The molecule has 64 valence electrons. The summed E-state index contributed by atoms with van der Waals surface area (Å²) in [5.74, 6) is -0.747. The molecule has 0 saturated heterocycles. The molecule has 0 heterocycles. The molecule has 1 rings (SSSR count). The fraction of sp³-hybridized carbons (Fsp3) is 0.222. The van der Waals surface area contributed by atoms with E-state index in [1.54, 1.807) is 0 Å². The number of hydrogen-bond donors (Lipinski definition) is 1. The highest BCUT2D eigenvalue weighted by molar-refractivity contribution is 7.27. The van der Waals surface area contributed by atoms with Gasteiger partial charge in [-0.3, -0.25) is 4.79 Å². The molecular weight excluding hydrogens is 171 g/mol. The Hall–Kier alpha value is -0.880. The molecule has 0 aliphatic heterocycles. The van der Waals surface area contributed by atoms with Crippen LogP contribution in [0, 0.1) is 0 Å². The van der Waals surface area contributed by atoms with E-state index >= 15 is 0 Å². The lowest BCUT2D eigenvalue weighted by atomic mass is 10.1. The molecule has 0 bridgehead atoms. The van der Waals surface area contributed by atoms with Crippen molar-refractivity contribution in [2.24, 2.45) is 0 Å². The highest BCUT2D eigenvalue weighted by Crippen LogP contribution is 2.03. The van der Waals surface area contributed by atoms with Crippen molar-refractivity contribution in [3.63, 3.8) is 0 Å². The van der Waals surface area contributed by atoms with Gasteiger partial charge in [-0.15, -0.1) is 9.24 Å². The van der Waals surface area contributed by atoms with E-state index in [4.69, 9.17) is 5.11 Å². The van der Waals surface area contributed by atoms with E-state index in [-0.39, 0.29) is 6.42 Å². The number of carboxylic acid groups (broad SMARTS) is 1. The minimum Gasteiger partial charge on any atom is -0.481 e. The number of hydrogen-bond acceptors (Lipinski definition) is 1. The highest BCUT2D eigenvalue weighted by Gasteiger charge is 2.00. The molecule has 2 nitrogen and oxygen atoms in total. The summed E-state index contributed by atoms with van der Waals surface area (Å²) in [5.41, 5.74) is 1.09. The van der Waals surface area contributed by atoms with Crippen LogP contribution in [0.15, 0.2) is 24.3 Å². The summed E-state index contributed by atoms with van der Waals surface area (Å²) in [7, 11) is 2.60. The van der Waals surface area contributed by atoms with Crippen LogP contribution >= 0.6 is 9.24 Å². The zero-order valence-electron chi connectivity index (χ0n) is 6.66. The lowest BCUT2D eigenvalue weighted by Gasteiger charge is -2.01. The Labute approximate surface area is 73.8 Å². The second-order valence-corrected chi connectivity index (χ2v) is 3.21. The highest BCUT2D eigenvalue weighted by atomic mass is 31.0. The van der Waals surface area contributed by atoms with E-state index in [9.17, 15) is 4.79 Å². The minimum absolute atomic E-state index is 0.200. The summed E-state index contributed by atoms with van der Waals surface area (Å²) in [5, 5.41) is 9.54. The number of benzene rings is 1. The second kappa shape index (κ2) is 4.22. The minimum atomic E-state index is -0.747. The zero-order chi connectivity index (χ0) is 8.97. The third kappa shape index (κ3) is 2.63. The normalized spacial score (nSPS) is 9.75. The van der Waals surface area contributed by atoms with Gasteiger partial charge >= 0.3 is 5.97 Å². The molecule has 0 fully saturated rings. The fourth-order valence-electron chi connectivity index (χ4n) is 1.00. The van der Waals surface area contributed by atoms with E-state index < -0.39 is 5.97 Å². The van der Waals surface area contributed by atoms with Gasteiger partial charge in [0.15, 0.2) is 0 Å². The van der Waals surface area contributed by atoms with Crippen LogP contribution in [0.4, 0.5) is 0 Å². The maximum Gasteiger partial charge on any atom is 0.303 e. The van der Waals surface area contributed by atoms with E-state index in [1.165, 1.54) is 0 Å². The van der Waals surface area contributed by atoms with Crippen molar-refractivity contribution < 1.29 is 9.90 Å². The van der Waals surface area contributed by atoms with Crippen molar-refractivity contribution in [3.05, 3.63) is 29.8 Å². The Morgan fingerprint density at radius 1 is 1.42 bits per heavy atom. The van der Waals surface area contributed by atoms with Crippen LogP contribution in [0.25, 0.3) is 0 Å². The Bertz CT molecular complexity index is 284. The summed E-state index contributed by atoms with van der Waals surface area (Å²) >= 11 is 0. The van der Waals surface area contributed by atoms with E-state index in [0.717, 1.165) is 10.9 Å². The van der Waals surface area contributed by atoms with Crippen molar-refractivity contribution in [2.75, 3.05) is 0 Å². The Morgan fingerprint density at radius 2 is 2.08 bits per heavy atom. The van der Waals surface area contributed by atoms with Crippen molar-refractivity contribution in [1.29, 1.82) is 0 Å². The average Bonchev–Trinajstić information content (AvgIpc) is 2.03. The van der Waals surface area contributed by atoms with Gasteiger partial charge < -0.3 is 5.11 Å². The first kappa shape index (κ1) is 9.21. The van der Waals surface area contributed by atoms with Gasteiger partial charge in [-0.2, -0.15) is 0 Å². The SMILES string of the molecule is O=C(O)CCc1ccccc1P. The third-order valence-electron chi connectivity index (χ3n) is 1.66. The third-order valence-corrected chi connectivity index (χ3v) is 2.23. The van der Waals surface area contributed by atoms with Crippen molar-refractivity contribution in [3.8, 4) is 0 Å². The predicted molar refractivity (Wildman–Crippen MR) is 51.7 cm³/mol. The van der Waals surface area contributed by atoms with Crippen LogP contribution in [-0.4, -0.2) is 11.1 Å². The van der Waals surface area contributed by atoms with Crippen LogP contribution in [0.2, 0.25) is 0 Å². The molecule has 1 aromatic rings. The summed E-state index contributed by atoms with van der Waals surface area (Å²) in [6.45, 7) is 0. The Kier molecular flexibility index (Phi) is 3.24. The molecule has 1 unspecified atom stereocenters. The average molecular weight is 182 g/mol. The molecule has 1 N–H and O–H groups in total. The van der Waals surface area contributed by atoms with Gasteiger partial charge in [-0.1, -0.05) is 24.3 Å². The van der Waals surface area contributed by atoms with Crippen LogP contribution < -0.4 is 5.30 Å². The van der Waals surface area contributed by atoms with Crippen molar-refractivity contribution in [1.82, 2.24) is 0 Å². The molecule has 12 heavy (non-hydrogen) atoms. The number of rotatable bonds is 3. The summed E-state index contributed by atoms with van der Waals surface area (Å²) in [6, 6.07) is 7.77. The standard InChI is InChI=1S/C9H11O2P/c10-9(11)6-5-7-3-1-2-4-8(7)12/h1-4H,5-6,12H2,(H,10,11). The number of aliphatic carboxylic acids is 1. The molecule has 0 spiro atoms. The maximum absolute atomic E-state index is 10.3. The molecule has 0 radical (unpaired) electrons. The van der Waals surface area contributed by atoms with Crippen LogP contribution in [0.1, 0.15) is 12.0 Å². The van der Waals surface area contributed by atoms with E-state index in [2.05, 4.69) is 9.24 Å². The van der Waals surface area contributed by atoms with Crippen LogP contribution in [0.3, 0.4) is 0 Å². The van der Waals surface area contributed by atoms with Crippen LogP contribution in [-0.2, 0) is 11.2 Å². The van der Waals surface area contributed by atoms with Gasteiger partial charge in [0.05, 0.1) is 0 Å². The fourth-order valence-corrected chi connectivity index (χ4v) is 1.36. The molecule has 0 aliphatic rings. The second-order valence-electron chi connectivity index (χ2n) is 2.59. The maximum atomic E-state index is 10.3. The van der Waals surface area contributed by atoms with Gasteiger partial charge in [0.25, 0.3) is 0 Å². The molecule has 0 amide bonds. The van der Waals surface area contributed by atoms with Gasteiger partial charge in [0, 0.05) is 6.42 Å². The molecular formula is C9H11O2P. The first-order chi connectivity index (χ1) is 5.70. The Balaban J connectivity index is 2.63. The zero-order valence-corrected chi connectivity index (χ0v) is 7.81. The molecule has 1 atom stereocenters. The van der Waals surface area contributed by atoms with Gasteiger partial charge in [-0.25, -0.2) is 0 Å². The largest absolute Gasteiger partial charge is 0.481 e. The molecule has 3 heteroatoms. The first-order valence-corrected chi connectivity index (χ1v) is 4.33. The van der Waals surface area contributed by atoms with Crippen molar-refractivity contribution in [2.45, 2.75) is 12.8 Å². The molecule has 0 aromatic heterocycles. The van der Waals surface area contributed by atoms with E-state index in [0.29, 0.717) is 6.42 Å². The number of aryl methyl sites for hydroxylation is 1. The monoisotopic (exact) mass is 182 g/mol. The van der Waals surface area contributed by atoms with Gasteiger partial charge in [-0.05, 0) is 17.3 Å². The van der Waals surface area contributed by atoms with Crippen molar-refractivity contribution >= 4 is 20.5 Å². The molecule has 1 aromatic carbocycles. The summed E-state index contributed by atoms with van der Waals surface area (Å²) in [6.07, 6.45) is 0.806. The van der Waals surface area contributed by atoms with Crippen LogP contribution in [0.5, 0.6) is 0 Å². The first-order valence-electron chi connectivity index (χ1n) is 3.75. The lowest BCUT2D eigenvalue weighted by Crippen LogP contribution is -2.04. The topological polar surface area (TPSA) is 37.3 Å².